The number of nitrogens with one attached hydrogen (secondary N) is 1. The molecular formula is C20H31NO5. The third-order valence-electron chi connectivity index (χ3n) is 4.73. The zero-order valence-corrected chi connectivity index (χ0v) is 16.4. The van der Waals surface area contributed by atoms with Crippen LogP contribution in [0.5, 0.6) is 11.5 Å². The van der Waals surface area contributed by atoms with E-state index >= 15 is 0 Å². The maximum atomic E-state index is 12.7. The molecule has 0 fully saturated rings. The van der Waals surface area contributed by atoms with Crippen LogP contribution in [0, 0.1) is 10.8 Å². The number of hydrogen-bond donors (Lipinski definition) is 3. The number of phenolic OH excluding ortho intramolecular Hbond substituents is 2. The van der Waals surface area contributed by atoms with E-state index in [0.717, 1.165) is 5.56 Å². The van der Waals surface area contributed by atoms with Gasteiger partial charge in [0.25, 0.3) is 0 Å². The number of benzene rings is 1. The van der Waals surface area contributed by atoms with Crippen molar-refractivity contribution in [2.24, 2.45) is 10.8 Å². The summed E-state index contributed by atoms with van der Waals surface area (Å²) in [4.78, 5) is 24.9. The van der Waals surface area contributed by atoms with Crippen LogP contribution in [0.3, 0.4) is 0 Å². The molecule has 0 aromatic heterocycles. The first kappa shape index (κ1) is 21.8. The number of hydrogen-bond acceptors (Lipinski definition) is 5. The van der Waals surface area contributed by atoms with Gasteiger partial charge in [0.15, 0.2) is 11.5 Å². The first-order valence-electron chi connectivity index (χ1n) is 9.02. The van der Waals surface area contributed by atoms with Crippen LogP contribution >= 0.6 is 0 Å². The number of rotatable bonds is 9. The van der Waals surface area contributed by atoms with Crippen LogP contribution in [-0.2, 0) is 20.7 Å². The molecule has 0 bridgehead atoms. The van der Waals surface area contributed by atoms with Crippen LogP contribution in [-0.4, -0.2) is 35.2 Å². The molecule has 0 heterocycles. The SMILES string of the molecule is CCOC(=O)C(C)(C)CC(C)(CC)C(=O)NCCc1ccc(O)c(O)c1. The Bertz CT molecular complexity index is 641. The van der Waals surface area contributed by atoms with Crippen LogP contribution < -0.4 is 5.32 Å². The molecule has 26 heavy (non-hydrogen) atoms. The van der Waals surface area contributed by atoms with Gasteiger partial charge in [-0.15, -0.1) is 0 Å². The molecule has 6 heteroatoms. The average Bonchev–Trinajstić information content (AvgIpc) is 2.57. The summed E-state index contributed by atoms with van der Waals surface area (Å²) >= 11 is 0. The van der Waals surface area contributed by atoms with Gasteiger partial charge in [0.1, 0.15) is 0 Å². The number of amides is 1. The summed E-state index contributed by atoms with van der Waals surface area (Å²) in [6.07, 6.45) is 1.52. The van der Waals surface area contributed by atoms with E-state index in [4.69, 9.17) is 4.74 Å². The molecule has 1 unspecified atom stereocenters. The molecule has 0 radical (unpaired) electrons. The molecule has 0 spiro atoms. The Morgan fingerprint density at radius 1 is 1.12 bits per heavy atom. The average molecular weight is 365 g/mol. The Kier molecular flexibility index (Phi) is 7.48. The fourth-order valence-electron chi connectivity index (χ4n) is 3.00. The quantitative estimate of drug-likeness (QED) is 0.461. The van der Waals surface area contributed by atoms with Gasteiger partial charge in [0.05, 0.1) is 12.0 Å². The minimum absolute atomic E-state index is 0.111. The van der Waals surface area contributed by atoms with Gasteiger partial charge in [-0.2, -0.15) is 0 Å². The number of ether oxygens (including phenoxy) is 1. The van der Waals surface area contributed by atoms with Crippen molar-refractivity contribution in [3.05, 3.63) is 23.8 Å². The molecule has 0 aliphatic rings. The lowest BCUT2D eigenvalue weighted by atomic mass is 9.72. The summed E-state index contributed by atoms with van der Waals surface area (Å²) in [5, 5.41) is 21.8. The first-order valence-corrected chi connectivity index (χ1v) is 9.02. The number of phenols is 2. The summed E-state index contributed by atoms with van der Waals surface area (Å²) in [5.41, 5.74) is -0.626. The Hall–Kier alpha value is -2.24. The van der Waals surface area contributed by atoms with E-state index in [-0.39, 0.29) is 23.4 Å². The smallest absolute Gasteiger partial charge is 0.311 e. The van der Waals surface area contributed by atoms with Crippen molar-refractivity contribution in [3.8, 4) is 11.5 Å². The maximum Gasteiger partial charge on any atom is 0.311 e. The fraction of sp³-hybridized carbons (Fsp3) is 0.600. The lowest BCUT2D eigenvalue weighted by Gasteiger charge is -2.34. The second-order valence-electron chi connectivity index (χ2n) is 7.52. The summed E-state index contributed by atoms with van der Waals surface area (Å²) in [6, 6.07) is 4.60. The lowest BCUT2D eigenvalue weighted by molar-refractivity contribution is -0.156. The minimum Gasteiger partial charge on any atom is -0.504 e. The van der Waals surface area contributed by atoms with Gasteiger partial charge in [-0.1, -0.05) is 19.9 Å². The van der Waals surface area contributed by atoms with E-state index in [1.807, 2.05) is 13.8 Å². The zero-order chi connectivity index (χ0) is 20.0. The van der Waals surface area contributed by atoms with Crippen molar-refractivity contribution < 1.29 is 24.5 Å². The molecule has 0 saturated carbocycles. The molecule has 1 aromatic carbocycles. The third kappa shape index (κ3) is 5.64. The van der Waals surface area contributed by atoms with Crippen molar-refractivity contribution in [1.29, 1.82) is 0 Å². The lowest BCUT2D eigenvalue weighted by Crippen LogP contribution is -2.44. The molecular weight excluding hydrogens is 334 g/mol. The molecule has 0 aliphatic heterocycles. The standard InChI is InChI=1S/C20H31NO5/c1-6-20(5,13-19(3,4)18(25)26-7-2)17(24)21-11-10-14-8-9-15(22)16(23)12-14/h8-9,12,22-23H,6-7,10-11,13H2,1-5H3,(H,21,24). The van der Waals surface area contributed by atoms with Crippen molar-refractivity contribution in [1.82, 2.24) is 5.32 Å². The van der Waals surface area contributed by atoms with Gasteiger partial charge in [-0.25, -0.2) is 0 Å². The third-order valence-corrected chi connectivity index (χ3v) is 4.73. The van der Waals surface area contributed by atoms with Crippen LogP contribution in [0.15, 0.2) is 18.2 Å². The largest absolute Gasteiger partial charge is 0.504 e. The van der Waals surface area contributed by atoms with Crippen molar-refractivity contribution in [2.75, 3.05) is 13.2 Å². The molecule has 1 rings (SSSR count). The van der Waals surface area contributed by atoms with E-state index in [1.54, 1.807) is 26.8 Å². The van der Waals surface area contributed by atoms with Gasteiger partial charge in [0, 0.05) is 12.0 Å². The molecule has 1 atom stereocenters. The van der Waals surface area contributed by atoms with Crippen LogP contribution in [0.1, 0.15) is 53.0 Å². The van der Waals surface area contributed by atoms with E-state index in [0.29, 0.717) is 32.4 Å². The second kappa shape index (κ2) is 8.92. The predicted octanol–water partition coefficient (Wildman–Crippen LogP) is 3.15. The second-order valence-corrected chi connectivity index (χ2v) is 7.52. The summed E-state index contributed by atoms with van der Waals surface area (Å²) in [6.45, 7) is 9.86. The zero-order valence-electron chi connectivity index (χ0n) is 16.4. The van der Waals surface area contributed by atoms with Crippen LogP contribution in [0.25, 0.3) is 0 Å². The van der Waals surface area contributed by atoms with E-state index in [2.05, 4.69) is 5.32 Å². The van der Waals surface area contributed by atoms with Gasteiger partial charge in [-0.3, -0.25) is 9.59 Å². The Labute approximate surface area is 155 Å². The van der Waals surface area contributed by atoms with E-state index < -0.39 is 10.8 Å². The van der Waals surface area contributed by atoms with Crippen molar-refractivity contribution in [2.45, 2.75) is 53.9 Å². The summed E-state index contributed by atoms with van der Waals surface area (Å²) in [7, 11) is 0. The normalized spacial score (nSPS) is 13.7. The van der Waals surface area contributed by atoms with Crippen molar-refractivity contribution in [3.63, 3.8) is 0 Å². The van der Waals surface area contributed by atoms with Crippen LogP contribution in [0.2, 0.25) is 0 Å². The molecule has 1 amide bonds. The summed E-state index contributed by atoms with van der Waals surface area (Å²) < 4.78 is 5.12. The number of carbonyl (C=O) groups is 2. The highest BCUT2D eigenvalue weighted by Crippen LogP contribution is 2.37. The van der Waals surface area contributed by atoms with Gasteiger partial charge < -0.3 is 20.3 Å². The molecule has 146 valence electrons. The Balaban J connectivity index is 2.68. The highest BCUT2D eigenvalue weighted by Gasteiger charge is 2.41. The molecule has 0 saturated heterocycles. The topological polar surface area (TPSA) is 95.9 Å². The van der Waals surface area contributed by atoms with Gasteiger partial charge in [0.2, 0.25) is 5.91 Å². The number of aromatic hydroxyl groups is 2. The van der Waals surface area contributed by atoms with Crippen molar-refractivity contribution >= 4 is 11.9 Å². The van der Waals surface area contributed by atoms with Crippen LogP contribution in [0.4, 0.5) is 0 Å². The van der Waals surface area contributed by atoms with Gasteiger partial charge >= 0.3 is 5.97 Å². The Morgan fingerprint density at radius 3 is 2.31 bits per heavy atom. The number of esters is 1. The highest BCUT2D eigenvalue weighted by atomic mass is 16.5. The number of carbonyl (C=O) groups excluding carboxylic acids is 2. The van der Waals surface area contributed by atoms with Gasteiger partial charge in [-0.05, 0) is 57.7 Å². The molecule has 6 nitrogen and oxygen atoms in total. The van der Waals surface area contributed by atoms with E-state index in [1.165, 1.54) is 12.1 Å². The fourth-order valence-corrected chi connectivity index (χ4v) is 3.00. The summed E-state index contributed by atoms with van der Waals surface area (Å²) in [5.74, 6) is -0.756. The highest BCUT2D eigenvalue weighted by molar-refractivity contribution is 5.84. The molecule has 1 aromatic rings. The Morgan fingerprint density at radius 2 is 1.77 bits per heavy atom. The monoisotopic (exact) mass is 365 g/mol. The first-order chi connectivity index (χ1) is 12.1. The van der Waals surface area contributed by atoms with E-state index in [9.17, 15) is 19.8 Å². The molecule has 0 aliphatic carbocycles. The molecule has 3 N–H and O–H groups in total. The minimum atomic E-state index is -0.749. The predicted molar refractivity (Wildman–Crippen MR) is 99.9 cm³/mol. The maximum absolute atomic E-state index is 12.7.